The normalized spacial score (nSPS) is 10.2. The van der Waals surface area contributed by atoms with E-state index in [0.717, 1.165) is 31.6 Å². The molecule has 0 bridgehead atoms. The van der Waals surface area contributed by atoms with Gasteiger partial charge in [0, 0.05) is 17.6 Å². The molecule has 0 saturated heterocycles. The third-order valence-corrected chi connectivity index (χ3v) is 2.37. The van der Waals surface area contributed by atoms with Crippen molar-refractivity contribution in [1.82, 2.24) is 10.3 Å². The molecule has 1 heterocycles. The molecule has 72 valence electrons. The molecule has 3 nitrogen and oxygen atoms in total. The summed E-state index contributed by atoms with van der Waals surface area (Å²) in [5.41, 5.74) is 0.966. The summed E-state index contributed by atoms with van der Waals surface area (Å²) in [5, 5.41) is 5.09. The number of rotatable bonds is 6. The van der Waals surface area contributed by atoms with Crippen LogP contribution in [0.2, 0.25) is 0 Å². The Morgan fingerprint density at radius 1 is 1.69 bits per heavy atom. The van der Waals surface area contributed by atoms with Crippen LogP contribution < -0.4 is 10.2 Å². The Morgan fingerprint density at radius 2 is 2.54 bits per heavy atom. The van der Waals surface area contributed by atoms with E-state index in [4.69, 9.17) is 0 Å². The predicted octanol–water partition coefficient (Wildman–Crippen LogP) is 1.49. The van der Waals surface area contributed by atoms with Crippen molar-refractivity contribution in [3.8, 4) is 0 Å². The average Bonchev–Trinajstić information content (AvgIpc) is 2.51. The van der Waals surface area contributed by atoms with Gasteiger partial charge in [-0.3, -0.25) is 4.79 Å². The molecular formula is C9H14N2OS. The molecule has 2 N–H and O–H groups in total. The number of nitrogens with one attached hydrogen (secondary N) is 2. The second-order valence-corrected chi connectivity index (χ2v) is 3.62. The summed E-state index contributed by atoms with van der Waals surface area (Å²) in [4.78, 5) is 13.5. The van der Waals surface area contributed by atoms with Gasteiger partial charge in [0.05, 0.1) is 0 Å². The summed E-state index contributed by atoms with van der Waals surface area (Å²) in [6, 6.07) is 0. The maximum Gasteiger partial charge on any atom is 0.304 e. The molecule has 0 saturated carbocycles. The Labute approximate surface area is 81.5 Å². The topological polar surface area (TPSA) is 44.9 Å². The van der Waals surface area contributed by atoms with E-state index in [1.54, 1.807) is 0 Å². The SMILES string of the molecule is C=CCCCNCc1csc(=O)[nH]1. The molecule has 0 unspecified atom stereocenters. The fraction of sp³-hybridized carbons (Fsp3) is 0.444. The minimum atomic E-state index is 0.0166. The van der Waals surface area contributed by atoms with Gasteiger partial charge in [-0.1, -0.05) is 17.4 Å². The Balaban J connectivity index is 2.13. The Bertz CT molecular complexity index is 303. The molecule has 1 rings (SSSR count). The Hall–Kier alpha value is -0.870. The van der Waals surface area contributed by atoms with Gasteiger partial charge in [-0.05, 0) is 19.4 Å². The van der Waals surface area contributed by atoms with Gasteiger partial charge in [0.25, 0.3) is 0 Å². The van der Waals surface area contributed by atoms with Crippen molar-refractivity contribution in [2.24, 2.45) is 0 Å². The number of H-pyrrole nitrogens is 1. The zero-order valence-electron chi connectivity index (χ0n) is 7.51. The van der Waals surface area contributed by atoms with Crippen molar-refractivity contribution in [2.45, 2.75) is 19.4 Å². The predicted molar refractivity (Wildman–Crippen MR) is 56.1 cm³/mol. The molecular weight excluding hydrogens is 184 g/mol. The quantitative estimate of drug-likeness (QED) is 0.537. The maximum atomic E-state index is 10.7. The van der Waals surface area contributed by atoms with Crippen LogP contribution in [-0.4, -0.2) is 11.5 Å². The summed E-state index contributed by atoms with van der Waals surface area (Å²) >= 11 is 1.21. The van der Waals surface area contributed by atoms with Gasteiger partial charge in [0.15, 0.2) is 0 Å². The minimum Gasteiger partial charge on any atom is -0.315 e. The number of hydrogen-bond acceptors (Lipinski definition) is 3. The number of thiazole rings is 1. The fourth-order valence-electron chi connectivity index (χ4n) is 0.995. The summed E-state index contributed by atoms with van der Waals surface area (Å²) in [5.74, 6) is 0. The second-order valence-electron chi connectivity index (χ2n) is 2.78. The van der Waals surface area contributed by atoms with Crippen molar-refractivity contribution in [1.29, 1.82) is 0 Å². The number of unbranched alkanes of at least 4 members (excludes halogenated alkanes) is 1. The smallest absolute Gasteiger partial charge is 0.304 e. The van der Waals surface area contributed by atoms with Gasteiger partial charge >= 0.3 is 4.87 Å². The van der Waals surface area contributed by atoms with Crippen LogP contribution in [-0.2, 0) is 6.54 Å². The molecule has 0 aliphatic carbocycles. The first-order valence-corrected chi connectivity index (χ1v) is 5.19. The molecule has 0 aromatic carbocycles. The summed E-state index contributed by atoms with van der Waals surface area (Å²) < 4.78 is 0. The molecule has 0 atom stereocenters. The van der Waals surface area contributed by atoms with Crippen molar-refractivity contribution in [3.05, 3.63) is 33.4 Å². The van der Waals surface area contributed by atoms with Gasteiger partial charge < -0.3 is 10.3 Å². The number of aromatic nitrogens is 1. The van der Waals surface area contributed by atoms with E-state index in [2.05, 4.69) is 16.9 Å². The molecule has 0 aliphatic heterocycles. The van der Waals surface area contributed by atoms with Gasteiger partial charge in [-0.15, -0.1) is 6.58 Å². The molecule has 0 aliphatic rings. The lowest BCUT2D eigenvalue weighted by atomic mass is 10.3. The zero-order valence-corrected chi connectivity index (χ0v) is 8.32. The molecule has 0 spiro atoms. The lowest BCUT2D eigenvalue weighted by Crippen LogP contribution is -2.15. The first-order chi connectivity index (χ1) is 6.33. The summed E-state index contributed by atoms with van der Waals surface area (Å²) in [6.45, 7) is 5.35. The molecule has 0 radical (unpaired) electrons. The summed E-state index contributed by atoms with van der Waals surface area (Å²) in [7, 11) is 0. The molecule has 0 amide bonds. The Kier molecular flexibility index (Phi) is 4.49. The van der Waals surface area contributed by atoms with E-state index < -0.39 is 0 Å². The molecule has 1 aromatic rings. The maximum absolute atomic E-state index is 10.7. The van der Waals surface area contributed by atoms with E-state index in [1.165, 1.54) is 11.3 Å². The lowest BCUT2D eigenvalue weighted by Gasteiger charge is -2.00. The van der Waals surface area contributed by atoms with Crippen LogP contribution in [0.25, 0.3) is 0 Å². The zero-order chi connectivity index (χ0) is 9.52. The second kappa shape index (κ2) is 5.72. The Morgan fingerprint density at radius 3 is 3.15 bits per heavy atom. The van der Waals surface area contributed by atoms with Crippen LogP contribution in [0, 0.1) is 0 Å². The average molecular weight is 198 g/mol. The van der Waals surface area contributed by atoms with Gasteiger partial charge in [0.2, 0.25) is 0 Å². The highest BCUT2D eigenvalue weighted by Gasteiger charge is 1.94. The lowest BCUT2D eigenvalue weighted by molar-refractivity contribution is 0.647. The molecule has 1 aromatic heterocycles. The van der Waals surface area contributed by atoms with Crippen molar-refractivity contribution < 1.29 is 0 Å². The van der Waals surface area contributed by atoms with Crippen LogP contribution in [0.1, 0.15) is 18.5 Å². The highest BCUT2D eigenvalue weighted by atomic mass is 32.1. The third-order valence-electron chi connectivity index (χ3n) is 1.65. The van der Waals surface area contributed by atoms with Gasteiger partial charge in [0.1, 0.15) is 0 Å². The summed E-state index contributed by atoms with van der Waals surface area (Å²) in [6.07, 6.45) is 4.04. The van der Waals surface area contributed by atoms with Crippen LogP contribution >= 0.6 is 11.3 Å². The highest BCUT2D eigenvalue weighted by molar-refractivity contribution is 7.07. The largest absolute Gasteiger partial charge is 0.315 e. The van der Waals surface area contributed by atoms with E-state index in [0.29, 0.717) is 0 Å². The minimum absolute atomic E-state index is 0.0166. The number of allylic oxidation sites excluding steroid dienone is 1. The molecule has 13 heavy (non-hydrogen) atoms. The van der Waals surface area contributed by atoms with E-state index in [1.807, 2.05) is 11.5 Å². The first-order valence-electron chi connectivity index (χ1n) is 4.31. The van der Waals surface area contributed by atoms with Crippen molar-refractivity contribution in [3.63, 3.8) is 0 Å². The molecule has 4 heteroatoms. The van der Waals surface area contributed by atoms with Gasteiger partial charge in [-0.2, -0.15) is 0 Å². The van der Waals surface area contributed by atoms with E-state index in [9.17, 15) is 4.79 Å². The first kappa shape index (κ1) is 10.2. The van der Waals surface area contributed by atoms with E-state index >= 15 is 0 Å². The molecule has 0 fully saturated rings. The van der Waals surface area contributed by atoms with Gasteiger partial charge in [-0.25, -0.2) is 0 Å². The fourth-order valence-corrected chi connectivity index (χ4v) is 1.58. The number of aromatic amines is 1. The van der Waals surface area contributed by atoms with Crippen molar-refractivity contribution >= 4 is 11.3 Å². The van der Waals surface area contributed by atoms with E-state index in [-0.39, 0.29) is 4.87 Å². The van der Waals surface area contributed by atoms with Crippen LogP contribution in [0.4, 0.5) is 0 Å². The number of hydrogen-bond donors (Lipinski definition) is 2. The highest BCUT2D eigenvalue weighted by Crippen LogP contribution is 1.94. The monoisotopic (exact) mass is 198 g/mol. The van der Waals surface area contributed by atoms with Crippen LogP contribution in [0.5, 0.6) is 0 Å². The van der Waals surface area contributed by atoms with Crippen molar-refractivity contribution in [2.75, 3.05) is 6.54 Å². The third kappa shape index (κ3) is 4.05. The van der Waals surface area contributed by atoms with Crippen LogP contribution in [0.15, 0.2) is 22.8 Å². The standard InChI is InChI=1S/C9H14N2OS/c1-2-3-4-5-10-6-8-7-13-9(12)11-8/h2,7,10H,1,3-6H2,(H,11,12). The van der Waals surface area contributed by atoms with Crippen LogP contribution in [0.3, 0.4) is 0 Å².